The Kier molecular flexibility index (Phi) is 4.88. The first kappa shape index (κ1) is 13.1. The molecule has 1 aromatic carbocycles. The van der Waals surface area contributed by atoms with Crippen LogP contribution in [-0.2, 0) is 5.41 Å². The van der Waals surface area contributed by atoms with Gasteiger partial charge in [-0.05, 0) is 17.0 Å². The van der Waals surface area contributed by atoms with Crippen LogP contribution in [0.1, 0.15) is 26.3 Å². The summed E-state index contributed by atoms with van der Waals surface area (Å²) in [7, 11) is 0. The Bertz CT molecular complexity index is 350. The van der Waals surface area contributed by atoms with Crippen molar-refractivity contribution in [3.8, 4) is 5.75 Å². The third-order valence-corrected chi connectivity index (χ3v) is 2.46. The first-order valence-corrected chi connectivity index (χ1v) is 6.02. The smallest absolute Gasteiger partial charge is 0.123 e. The minimum Gasteiger partial charge on any atom is -0.489 e. The van der Waals surface area contributed by atoms with Gasteiger partial charge in [-0.25, -0.2) is 0 Å². The predicted molar refractivity (Wildman–Crippen MR) is 70.5 cm³/mol. The van der Waals surface area contributed by atoms with Gasteiger partial charge in [-0.1, -0.05) is 51.1 Å². The molecular weight excluding hydrogens is 220 g/mol. The normalized spacial score (nSPS) is 12.0. The quantitative estimate of drug-likeness (QED) is 0.566. The Labute approximate surface area is 103 Å². The largest absolute Gasteiger partial charge is 0.489 e. The van der Waals surface area contributed by atoms with Crippen LogP contribution in [0, 0.1) is 0 Å². The maximum Gasteiger partial charge on any atom is 0.123 e. The van der Waals surface area contributed by atoms with E-state index in [2.05, 4.69) is 26.8 Å². The number of alkyl halides is 1. The van der Waals surface area contributed by atoms with Gasteiger partial charge < -0.3 is 4.74 Å². The van der Waals surface area contributed by atoms with Gasteiger partial charge in [-0.2, -0.15) is 0 Å². The van der Waals surface area contributed by atoms with Crippen molar-refractivity contribution in [1.29, 1.82) is 0 Å². The number of allylic oxidation sites excluding steroid dienone is 1. The van der Waals surface area contributed by atoms with Gasteiger partial charge in [0.25, 0.3) is 0 Å². The fourth-order valence-corrected chi connectivity index (χ4v) is 1.61. The average Bonchev–Trinajstić information content (AvgIpc) is 2.24. The molecule has 0 aliphatic rings. The van der Waals surface area contributed by atoms with Gasteiger partial charge >= 0.3 is 0 Å². The number of hydrogen-bond donors (Lipinski definition) is 0. The van der Waals surface area contributed by atoms with Gasteiger partial charge in [-0.3, -0.25) is 0 Å². The van der Waals surface area contributed by atoms with Crippen LogP contribution >= 0.6 is 11.6 Å². The molecule has 0 saturated heterocycles. The van der Waals surface area contributed by atoms with Crippen molar-refractivity contribution in [3.63, 3.8) is 0 Å². The summed E-state index contributed by atoms with van der Waals surface area (Å²) in [5, 5.41) is 0. The number of para-hydroxylation sites is 1. The maximum atomic E-state index is 5.72. The van der Waals surface area contributed by atoms with E-state index in [9.17, 15) is 0 Å². The summed E-state index contributed by atoms with van der Waals surface area (Å²) in [5.41, 5.74) is 1.33. The molecule has 88 valence electrons. The van der Waals surface area contributed by atoms with Gasteiger partial charge in [0, 0.05) is 5.88 Å². The van der Waals surface area contributed by atoms with Crippen LogP contribution in [0.5, 0.6) is 5.75 Å². The molecule has 0 radical (unpaired) electrons. The summed E-state index contributed by atoms with van der Waals surface area (Å²) in [6.45, 7) is 7.12. The van der Waals surface area contributed by atoms with Gasteiger partial charge in [0.1, 0.15) is 12.4 Å². The van der Waals surface area contributed by atoms with Crippen LogP contribution in [0.2, 0.25) is 0 Å². The highest BCUT2D eigenvalue weighted by molar-refractivity contribution is 6.18. The molecule has 1 aromatic rings. The van der Waals surface area contributed by atoms with Gasteiger partial charge in [-0.15, -0.1) is 11.6 Å². The lowest BCUT2D eigenvalue weighted by Gasteiger charge is -2.22. The minimum absolute atomic E-state index is 0.104. The molecule has 0 amide bonds. The molecule has 2 heteroatoms. The third kappa shape index (κ3) is 3.90. The minimum atomic E-state index is 0.104. The Balaban J connectivity index is 2.76. The van der Waals surface area contributed by atoms with E-state index in [1.165, 1.54) is 5.56 Å². The van der Waals surface area contributed by atoms with Crippen molar-refractivity contribution in [2.75, 3.05) is 12.5 Å². The third-order valence-electron chi connectivity index (χ3n) is 2.29. The summed E-state index contributed by atoms with van der Waals surface area (Å²) in [6.07, 6.45) is 3.83. The number of hydrogen-bond acceptors (Lipinski definition) is 1. The summed E-state index contributed by atoms with van der Waals surface area (Å²) in [5.74, 6) is 1.49. The molecule has 0 unspecified atom stereocenters. The zero-order chi connectivity index (χ0) is 12.0. The molecule has 0 fully saturated rings. The second-order valence-corrected chi connectivity index (χ2v) is 4.99. The van der Waals surface area contributed by atoms with Crippen molar-refractivity contribution in [3.05, 3.63) is 42.0 Å². The summed E-state index contributed by atoms with van der Waals surface area (Å²) < 4.78 is 5.72. The second-order valence-electron chi connectivity index (χ2n) is 4.68. The molecule has 0 aliphatic carbocycles. The highest BCUT2D eigenvalue weighted by Gasteiger charge is 2.17. The lowest BCUT2D eigenvalue weighted by Crippen LogP contribution is -2.13. The van der Waals surface area contributed by atoms with Gasteiger partial charge in [0.2, 0.25) is 0 Å². The first-order chi connectivity index (χ1) is 7.55. The van der Waals surface area contributed by atoms with Gasteiger partial charge in [0.15, 0.2) is 0 Å². The van der Waals surface area contributed by atoms with Crippen molar-refractivity contribution >= 4 is 11.6 Å². The molecule has 0 saturated carbocycles. The molecule has 0 aromatic heterocycles. The van der Waals surface area contributed by atoms with E-state index < -0.39 is 0 Å². The molecule has 0 spiro atoms. The number of benzene rings is 1. The van der Waals surface area contributed by atoms with E-state index in [1.807, 2.05) is 30.4 Å². The Morgan fingerprint density at radius 1 is 1.19 bits per heavy atom. The summed E-state index contributed by atoms with van der Waals surface area (Å²) in [6, 6.07) is 8.16. The van der Waals surface area contributed by atoms with Crippen LogP contribution in [-0.4, -0.2) is 12.5 Å². The van der Waals surface area contributed by atoms with Crippen LogP contribution < -0.4 is 4.74 Å². The fraction of sp³-hybridized carbons (Fsp3) is 0.429. The van der Waals surface area contributed by atoms with Crippen LogP contribution in [0.15, 0.2) is 36.4 Å². The van der Waals surface area contributed by atoms with E-state index >= 15 is 0 Å². The topological polar surface area (TPSA) is 9.23 Å². The molecule has 0 bridgehead atoms. The number of rotatable bonds is 4. The molecule has 0 heterocycles. The summed E-state index contributed by atoms with van der Waals surface area (Å²) >= 11 is 5.54. The van der Waals surface area contributed by atoms with E-state index in [-0.39, 0.29) is 5.41 Å². The molecule has 1 nitrogen and oxygen atoms in total. The van der Waals surface area contributed by atoms with Crippen LogP contribution in [0.4, 0.5) is 0 Å². The summed E-state index contributed by atoms with van der Waals surface area (Å²) in [4.78, 5) is 0. The monoisotopic (exact) mass is 238 g/mol. The lowest BCUT2D eigenvalue weighted by molar-refractivity contribution is 0.350. The van der Waals surface area contributed by atoms with Crippen LogP contribution in [0.3, 0.4) is 0 Å². The predicted octanol–water partition coefficient (Wildman–Crippen LogP) is 4.16. The maximum absolute atomic E-state index is 5.72. The molecular formula is C14H19ClO. The molecule has 1 rings (SSSR count). The van der Waals surface area contributed by atoms with E-state index in [0.717, 1.165) is 5.75 Å². The van der Waals surface area contributed by atoms with Crippen molar-refractivity contribution < 1.29 is 4.74 Å². The van der Waals surface area contributed by atoms with Crippen molar-refractivity contribution in [1.82, 2.24) is 0 Å². The Morgan fingerprint density at radius 2 is 1.88 bits per heavy atom. The number of ether oxygens (including phenoxy) is 1. The van der Waals surface area contributed by atoms with E-state index in [4.69, 9.17) is 16.3 Å². The first-order valence-electron chi connectivity index (χ1n) is 5.49. The highest BCUT2D eigenvalue weighted by Crippen LogP contribution is 2.30. The standard InChI is InChI=1S/C14H19ClO/c1-14(2,3)12-8-4-5-9-13(12)16-11-7-6-10-15/h4-9H,10-11H2,1-3H3. The number of halogens is 1. The van der Waals surface area contributed by atoms with E-state index in [1.54, 1.807) is 0 Å². The Morgan fingerprint density at radius 3 is 2.50 bits per heavy atom. The molecule has 0 N–H and O–H groups in total. The Hall–Kier alpha value is -0.950. The SMILES string of the molecule is CC(C)(C)c1ccccc1OCC=CCCl. The van der Waals surface area contributed by atoms with Crippen LogP contribution in [0.25, 0.3) is 0 Å². The van der Waals surface area contributed by atoms with Gasteiger partial charge in [0.05, 0.1) is 0 Å². The van der Waals surface area contributed by atoms with Crippen molar-refractivity contribution in [2.24, 2.45) is 0 Å². The van der Waals surface area contributed by atoms with E-state index in [0.29, 0.717) is 12.5 Å². The molecule has 0 atom stereocenters. The lowest BCUT2D eigenvalue weighted by atomic mass is 9.86. The zero-order valence-corrected chi connectivity index (χ0v) is 10.9. The fourth-order valence-electron chi connectivity index (χ4n) is 1.48. The average molecular weight is 239 g/mol. The highest BCUT2D eigenvalue weighted by atomic mass is 35.5. The van der Waals surface area contributed by atoms with Crippen molar-refractivity contribution in [2.45, 2.75) is 26.2 Å². The zero-order valence-electron chi connectivity index (χ0n) is 10.2. The molecule has 16 heavy (non-hydrogen) atoms. The molecule has 0 aliphatic heterocycles. The second kappa shape index (κ2) is 5.95.